The molecule has 1 unspecified atom stereocenters. The Morgan fingerprint density at radius 1 is 1.44 bits per heavy atom. The Morgan fingerprint density at radius 3 is 2.75 bits per heavy atom. The standard InChI is InChI=1S/C13H20OS2/c1-13(2)6-3-4-10(11(13)5-7-14)12-15-8-9-16-12/h4,7,11-12H,3,5-6,8-9H2,1-2H3. The Labute approximate surface area is 107 Å². The van der Waals surface area contributed by atoms with E-state index in [1.54, 1.807) is 5.57 Å². The number of carbonyl (C=O) groups excluding carboxylic acids is 1. The number of hydrogen-bond donors (Lipinski definition) is 0. The Kier molecular flexibility index (Phi) is 4.06. The fourth-order valence-corrected chi connectivity index (χ4v) is 5.81. The molecule has 0 saturated carbocycles. The molecule has 3 heteroatoms. The summed E-state index contributed by atoms with van der Waals surface area (Å²) < 4.78 is 0.629. The lowest BCUT2D eigenvalue weighted by Crippen LogP contribution is -2.31. The molecular formula is C13H20OS2. The first-order valence-corrected chi connectivity index (χ1v) is 8.11. The summed E-state index contributed by atoms with van der Waals surface area (Å²) in [6, 6.07) is 0. The Hall–Kier alpha value is 0.110. The molecule has 1 fully saturated rings. The maximum absolute atomic E-state index is 10.9. The highest BCUT2D eigenvalue weighted by Crippen LogP contribution is 2.49. The van der Waals surface area contributed by atoms with Gasteiger partial charge in [-0.1, -0.05) is 19.9 Å². The van der Waals surface area contributed by atoms with Crippen molar-refractivity contribution in [3.63, 3.8) is 0 Å². The van der Waals surface area contributed by atoms with Gasteiger partial charge in [-0.15, -0.1) is 23.5 Å². The normalized spacial score (nSPS) is 30.1. The summed E-state index contributed by atoms with van der Waals surface area (Å²) in [5, 5.41) is 0. The van der Waals surface area contributed by atoms with Gasteiger partial charge in [0.2, 0.25) is 0 Å². The van der Waals surface area contributed by atoms with Crippen molar-refractivity contribution in [2.24, 2.45) is 11.3 Å². The average Bonchev–Trinajstić information content (AvgIpc) is 2.74. The number of aldehydes is 1. The van der Waals surface area contributed by atoms with Crippen molar-refractivity contribution in [3.05, 3.63) is 11.6 Å². The summed E-state index contributed by atoms with van der Waals surface area (Å²) in [5.74, 6) is 3.00. The topological polar surface area (TPSA) is 17.1 Å². The van der Waals surface area contributed by atoms with Crippen LogP contribution in [0.1, 0.15) is 33.1 Å². The third-order valence-electron chi connectivity index (χ3n) is 3.74. The van der Waals surface area contributed by atoms with E-state index >= 15 is 0 Å². The molecular weight excluding hydrogens is 236 g/mol. The van der Waals surface area contributed by atoms with Gasteiger partial charge in [-0.2, -0.15) is 0 Å². The highest BCUT2D eigenvalue weighted by atomic mass is 32.2. The van der Waals surface area contributed by atoms with Crippen molar-refractivity contribution >= 4 is 29.8 Å². The minimum atomic E-state index is 0.300. The van der Waals surface area contributed by atoms with Crippen molar-refractivity contribution in [2.75, 3.05) is 11.5 Å². The highest BCUT2D eigenvalue weighted by Gasteiger charge is 2.38. The van der Waals surface area contributed by atoms with Gasteiger partial charge in [-0.3, -0.25) is 0 Å². The van der Waals surface area contributed by atoms with Crippen LogP contribution in [-0.2, 0) is 4.79 Å². The van der Waals surface area contributed by atoms with Crippen LogP contribution in [0.2, 0.25) is 0 Å². The van der Waals surface area contributed by atoms with Crippen LogP contribution >= 0.6 is 23.5 Å². The first-order valence-electron chi connectivity index (χ1n) is 6.02. The highest BCUT2D eigenvalue weighted by molar-refractivity contribution is 8.20. The van der Waals surface area contributed by atoms with E-state index in [1.807, 2.05) is 0 Å². The first kappa shape index (κ1) is 12.6. The minimum Gasteiger partial charge on any atom is -0.303 e. The lowest BCUT2D eigenvalue weighted by molar-refractivity contribution is -0.109. The molecule has 1 aliphatic heterocycles. The average molecular weight is 256 g/mol. The fraction of sp³-hybridized carbons (Fsp3) is 0.769. The molecule has 0 amide bonds. The quantitative estimate of drug-likeness (QED) is 0.565. The zero-order valence-corrected chi connectivity index (χ0v) is 11.7. The zero-order chi connectivity index (χ0) is 11.6. The molecule has 0 spiro atoms. The summed E-state index contributed by atoms with van der Waals surface area (Å²) in [7, 11) is 0. The third kappa shape index (κ3) is 2.51. The molecule has 90 valence electrons. The number of rotatable bonds is 3. The molecule has 0 aromatic heterocycles. The predicted octanol–water partition coefficient (Wildman–Crippen LogP) is 3.74. The maximum Gasteiger partial charge on any atom is 0.120 e. The van der Waals surface area contributed by atoms with Crippen molar-refractivity contribution in [2.45, 2.75) is 37.7 Å². The van der Waals surface area contributed by atoms with Crippen LogP contribution in [0.15, 0.2) is 11.6 Å². The minimum absolute atomic E-state index is 0.300. The van der Waals surface area contributed by atoms with Crippen LogP contribution < -0.4 is 0 Å². The molecule has 1 heterocycles. The van der Waals surface area contributed by atoms with E-state index in [-0.39, 0.29) is 0 Å². The second kappa shape index (κ2) is 5.18. The van der Waals surface area contributed by atoms with E-state index in [1.165, 1.54) is 24.3 Å². The molecule has 0 N–H and O–H groups in total. The predicted molar refractivity (Wildman–Crippen MR) is 74.0 cm³/mol. The largest absolute Gasteiger partial charge is 0.303 e. The Balaban J connectivity index is 2.19. The van der Waals surface area contributed by atoms with Gasteiger partial charge in [-0.25, -0.2) is 0 Å². The van der Waals surface area contributed by atoms with Gasteiger partial charge < -0.3 is 4.79 Å². The van der Waals surface area contributed by atoms with Crippen LogP contribution in [0.3, 0.4) is 0 Å². The van der Waals surface area contributed by atoms with E-state index < -0.39 is 0 Å². The SMILES string of the molecule is CC1(C)CCC=C(C2SCCS2)C1CC=O. The van der Waals surface area contributed by atoms with Gasteiger partial charge in [-0.05, 0) is 29.7 Å². The van der Waals surface area contributed by atoms with Gasteiger partial charge in [0.15, 0.2) is 0 Å². The molecule has 1 nitrogen and oxygen atoms in total. The van der Waals surface area contributed by atoms with Gasteiger partial charge in [0.05, 0.1) is 4.58 Å². The summed E-state index contributed by atoms with van der Waals surface area (Å²) >= 11 is 4.12. The molecule has 1 aliphatic carbocycles. The lowest BCUT2D eigenvalue weighted by atomic mass is 9.67. The molecule has 0 bridgehead atoms. The number of allylic oxidation sites excluding steroid dienone is 1. The Bertz CT molecular complexity index is 290. The summed E-state index contributed by atoms with van der Waals surface area (Å²) in [5.41, 5.74) is 1.85. The van der Waals surface area contributed by atoms with Crippen molar-refractivity contribution in [1.29, 1.82) is 0 Å². The van der Waals surface area contributed by atoms with Crippen LogP contribution in [0.25, 0.3) is 0 Å². The van der Waals surface area contributed by atoms with Crippen LogP contribution in [0, 0.1) is 11.3 Å². The third-order valence-corrected chi connectivity index (χ3v) is 6.84. The fourth-order valence-electron chi connectivity index (χ4n) is 2.74. The smallest absolute Gasteiger partial charge is 0.120 e. The van der Waals surface area contributed by atoms with Gasteiger partial charge in [0.25, 0.3) is 0 Å². The molecule has 0 aromatic carbocycles. The molecule has 1 saturated heterocycles. The monoisotopic (exact) mass is 256 g/mol. The number of carbonyl (C=O) groups is 1. The first-order chi connectivity index (χ1) is 7.65. The van der Waals surface area contributed by atoms with Gasteiger partial charge in [0, 0.05) is 17.9 Å². The Morgan fingerprint density at radius 2 is 2.12 bits per heavy atom. The second-order valence-electron chi connectivity index (χ2n) is 5.26. The van der Waals surface area contributed by atoms with Gasteiger partial charge >= 0.3 is 0 Å². The van der Waals surface area contributed by atoms with Crippen molar-refractivity contribution < 1.29 is 4.79 Å². The van der Waals surface area contributed by atoms with E-state index in [2.05, 4.69) is 43.4 Å². The summed E-state index contributed by atoms with van der Waals surface area (Å²) in [6.45, 7) is 4.64. The van der Waals surface area contributed by atoms with Crippen LogP contribution in [0.5, 0.6) is 0 Å². The molecule has 0 radical (unpaired) electrons. The number of hydrogen-bond acceptors (Lipinski definition) is 3. The molecule has 2 aliphatic rings. The molecule has 2 rings (SSSR count). The van der Waals surface area contributed by atoms with Crippen LogP contribution in [-0.4, -0.2) is 22.4 Å². The summed E-state index contributed by atoms with van der Waals surface area (Å²) in [4.78, 5) is 10.9. The van der Waals surface area contributed by atoms with Crippen molar-refractivity contribution in [3.8, 4) is 0 Å². The maximum atomic E-state index is 10.9. The molecule has 0 aromatic rings. The van der Waals surface area contributed by atoms with E-state index in [0.29, 0.717) is 22.3 Å². The van der Waals surface area contributed by atoms with E-state index in [0.717, 1.165) is 6.29 Å². The molecule has 1 atom stereocenters. The van der Waals surface area contributed by atoms with Gasteiger partial charge in [0.1, 0.15) is 6.29 Å². The number of thioether (sulfide) groups is 2. The van der Waals surface area contributed by atoms with Crippen molar-refractivity contribution in [1.82, 2.24) is 0 Å². The molecule has 16 heavy (non-hydrogen) atoms. The lowest BCUT2D eigenvalue weighted by Gasteiger charge is -2.40. The zero-order valence-electron chi connectivity index (χ0n) is 10.1. The van der Waals surface area contributed by atoms with E-state index in [9.17, 15) is 4.79 Å². The van der Waals surface area contributed by atoms with E-state index in [4.69, 9.17) is 0 Å². The second-order valence-corrected chi connectivity index (χ2v) is 7.98. The summed E-state index contributed by atoms with van der Waals surface area (Å²) in [6.07, 6.45) is 6.63. The van der Waals surface area contributed by atoms with Crippen LogP contribution in [0.4, 0.5) is 0 Å².